The number of aromatic nitrogens is 1. The average Bonchev–Trinajstić information content (AvgIpc) is 2.46. The van der Waals surface area contributed by atoms with Gasteiger partial charge in [0.1, 0.15) is 0 Å². The van der Waals surface area contributed by atoms with Gasteiger partial charge in [-0.3, -0.25) is 4.98 Å². The van der Waals surface area contributed by atoms with E-state index in [0.717, 1.165) is 11.1 Å². The van der Waals surface area contributed by atoms with Crippen LogP contribution in [0.2, 0.25) is 0 Å². The Hall–Kier alpha value is -2.07. The van der Waals surface area contributed by atoms with Crippen molar-refractivity contribution < 1.29 is 9.47 Å². The fourth-order valence-corrected chi connectivity index (χ4v) is 1.80. The predicted molar refractivity (Wildman–Crippen MR) is 69.8 cm³/mol. The van der Waals surface area contributed by atoms with Crippen LogP contribution in [0.1, 0.15) is 17.2 Å². The number of rotatable bonds is 4. The highest BCUT2D eigenvalue weighted by molar-refractivity contribution is 5.45. The van der Waals surface area contributed by atoms with E-state index in [-0.39, 0.29) is 6.04 Å². The van der Waals surface area contributed by atoms with E-state index in [1.165, 1.54) is 0 Å². The summed E-state index contributed by atoms with van der Waals surface area (Å²) in [6.45, 7) is 0. The van der Waals surface area contributed by atoms with E-state index in [0.29, 0.717) is 11.5 Å². The van der Waals surface area contributed by atoms with Crippen LogP contribution in [0, 0.1) is 0 Å². The summed E-state index contributed by atoms with van der Waals surface area (Å²) in [7, 11) is 3.22. The Balaban J connectivity index is 2.34. The first-order valence-corrected chi connectivity index (χ1v) is 5.63. The Labute approximate surface area is 106 Å². The van der Waals surface area contributed by atoms with Crippen LogP contribution in [0.25, 0.3) is 0 Å². The van der Waals surface area contributed by atoms with Crippen molar-refractivity contribution >= 4 is 0 Å². The molecule has 0 radical (unpaired) electrons. The van der Waals surface area contributed by atoms with Gasteiger partial charge >= 0.3 is 0 Å². The topological polar surface area (TPSA) is 57.4 Å². The van der Waals surface area contributed by atoms with Crippen molar-refractivity contribution in [3.8, 4) is 11.5 Å². The fourth-order valence-electron chi connectivity index (χ4n) is 1.80. The lowest BCUT2D eigenvalue weighted by atomic mass is 10.0. The number of hydrogen-bond acceptors (Lipinski definition) is 4. The maximum absolute atomic E-state index is 6.20. The lowest BCUT2D eigenvalue weighted by Gasteiger charge is -2.14. The number of benzene rings is 1. The summed E-state index contributed by atoms with van der Waals surface area (Å²) in [5.41, 5.74) is 8.12. The van der Waals surface area contributed by atoms with Gasteiger partial charge in [0.15, 0.2) is 11.5 Å². The first-order chi connectivity index (χ1) is 8.76. The molecule has 4 heteroatoms. The zero-order valence-corrected chi connectivity index (χ0v) is 10.5. The quantitative estimate of drug-likeness (QED) is 0.895. The molecule has 1 aromatic carbocycles. The van der Waals surface area contributed by atoms with Crippen molar-refractivity contribution in [1.82, 2.24) is 4.98 Å². The second-order valence-electron chi connectivity index (χ2n) is 3.88. The Morgan fingerprint density at radius 2 is 1.83 bits per heavy atom. The molecule has 94 valence electrons. The van der Waals surface area contributed by atoms with Crippen LogP contribution >= 0.6 is 0 Å². The molecule has 0 saturated carbocycles. The third kappa shape index (κ3) is 2.43. The second kappa shape index (κ2) is 5.51. The van der Waals surface area contributed by atoms with Crippen molar-refractivity contribution in [2.45, 2.75) is 6.04 Å². The van der Waals surface area contributed by atoms with Crippen molar-refractivity contribution in [3.63, 3.8) is 0 Å². The molecule has 0 saturated heterocycles. The van der Waals surface area contributed by atoms with Gasteiger partial charge < -0.3 is 15.2 Å². The molecular weight excluding hydrogens is 228 g/mol. The predicted octanol–water partition coefficient (Wildman–Crippen LogP) is 2.15. The number of nitrogens with zero attached hydrogens (tertiary/aromatic N) is 1. The molecule has 18 heavy (non-hydrogen) atoms. The molecule has 2 rings (SSSR count). The molecule has 0 aliphatic rings. The molecule has 0 aliphatic carbocycles. The summed E-state index contributed by atoms with van der Waals surface area (Å²) in [5, 5.41) is 0. The molecule has 0 fully saturated rings. The second-order valence-corrected chi connectivity index (χ2v) is 3.88. The molecule has 0 bridgehead atoms. The summed E-state index contributed by atoms with van der Waals surface area (Å²) in [4.78, 5) is 4.07. The molecule has 0 aliphatic heterocycles. The molecule has 1 aromatic heterocycles. The molecule has 0 spiro atoms. The van der Waals surface area contributed by atoms with Crippen LogP contribution < -0.4 is 15.2 Å². The Bertz CT molecular complexity index is 514. The SMILES string of the molecule is COc1ccc(C(N)c2cccnc2)cc1OC. The lowest BCUT2D eigenvalue weighted by molar-refractivity contribution is 0.354. The molecule has 2 aromatic rings. The van der Waals surface area contributed by atoms with E-state index in [4.69, 9.17) is 15.2 Å². The number of nitrogens with two attached hydrogens (primary N) is 1. The first kappa shape index (κ1) is 12.4. The average molecular weight is 244 g/mol. The van der Waals surface area contributed by atoms with Crippen molar-refractivity contribution in [2.75, 3.05) is 14.2 Å². The molecule has 0 amide bonds. The van der Waals surface area contributed by atoms with Crippen LogP contribution in [-0.4, -0.2) is 19.2 Å². The zero-order chi connectivity index (χ0) is 13.0. The summed E-state index contributed by atoms with van der Waals surface area (Å²) in [6, 6.07) is 9.27. The number of hydrogen-bond donors (Lipinski definition) is 1. The standard InChI is InChI=1S/C14H16N2O2/c1-17-12-6-5-10(8-13(12)18-2)14(15)11-4-3-7-16-9-11/h3-9,14H,15H2,1-2H3. The van der Waals surface area contributed by atoms with Gasteiger partial charge in [0.05, 0.1) is 20.3 Å². The number of methoxy groups -OCH3 is 2. The number of pyridine rings is 1. The van der Waals surface area contributed by atoms with Crippen molar-refractivity contribution in [3.05, 3.63) is 53.9 Å². The first-order valence-electron chi connectivity index (χ1n) is 5.63. The minimum absolute atomic E-state index is 0.224. The van der Waals surface area contributed by atoms with Crippen LogP contribution in [0.4, 0.5) is 0 Å². The fraction of sp³-hybridized carbons (Fsp3) is 0.214. The third-order valence-corrected chi connectivity index (χ3v) is 2.81. The third-order valence-electron chi connectivity index (χ3n) is 2.81. The minimum atomic E-state index is -0.224. The van der Waals surface area contributed by atoms with Gasteiger partial charge in [0, 0.05) is 12.4 Å². The van der Waals surface area contributed by atoms with Gasteiger partial charge in [-0.05, 0) is 29.3 Å². The summed E-state index contributed by atoms with van der Waals surface area (Å²) in [6.07, 6.45) is 3.49. The molecule has 2 N–H and O–H groups in total. The van der Waals surface area contributed by atoms with Gasteiger partial charge in [0.25, 0.3) is 0 Å². The molecule has 1 unspecified atom stereocenters. The maximum Gasteiger partial charge on any atom is 0.161 e. The summed E-state index contributed by atoms with van der Waals surface area (Å²) in [5.74, 6) is 1.37. The molecule has 4 nitrogen and oxygen atoms in total. The Kier molecular flexibility index (Phi) is 3.79. The molecule has 1 heterocycles. The normalized spacial score (nSPS) is 11.9. The van der Waals surface area contributed by atoms with Crippen molar-refractivity contribution in [1.29, 1.82) is 0 Å². The Morgan fingerprint density at radius 1 is 1.06 bits per heavy atom. The van der Waals surface area contributed by atoms with E-state index in [2.05, 4.69) is 4.98 Å². The van der Waals surface area contributed by atoms with Crippen LogP contribution in [-0.2, 0) is 0 Å². The zero-order valence-electron chi connectivity index (χ0n) is 10.5. The van der Waals surface area contributed by atoms with Crippen LogP contribution in [0.15, 0.2) is 42.7 Å². The van der Waals surface area contributed by atoms with Crippen molar-refractivity contribution in [2.24, 2.45) is 5.73 Å². The van der Waals surface area contributed by atoms with Gasteiger partial charge in [-0.1, -0.05) is 12.1 Å². The van der Waals surface area contributed by atoms with E-state index in [1.54, 1.807) is 26.6 Å². The number of ether oxygens (including phenoxy) is 2. The van der Waals surface area contributed by atoms with Gasteiger partial charge in [-0.25, -0.2) is 0 Å². The van der Waals surface area contributed by atoms with Crippen LogP contribution in [0.3, 0.4) is 0 Å². The Morgan fingerprint density at radius 3 is 2.44 bits per heavy atom. The molecular formula is C14H16N2O2. The maximum atomic E-state index is 6.20. The largest absolute Gasteiger partial charge is 0.493 e. The van der Waals surface area contributed by atoms with Gasteiger partial charge in [-0.2, -0.15) is 0 Å². The highest BCUT2D eigenvalue weighted by Crippen LogP contribution is 2.30. The molecule has 1 atom stereocenters. The smallest absolute Gasteiger partial charge is 0.161 e. The van der Waals surface area contributed by atoms with E-state index < -0.39 is 0 Å². The lowest BCUT2D eigenvalue weighted by Crippen LogP contribution is -2.12. The summed E-state index contributed by atoms with van der Waals surface area (Å²) >= 11 is 0. The van der Waals surface area contributed by atoms with E-state index >= 15 is 0 Å². The highest BCUT2D eigenvalue weighted by Gasteiger charge is 2.12. The monoisotopic (exact) mass is 244 g/mol. The minimum Gasteiger partial charge on any atom is -0.493 e. The summed E-state index contributed by atoms with van der Waals surface area (Å²) < 4.78 is 10.5. The highest BCUT2D eigenvalue weighted by atomic mass is 16.5. The van der Waals surface area contributed by atoms with E-state index in [9.17, 15) is 0 Å². The van der Waals surface area contributed by atoms with E-state index in [1.807, 2.05) is 30.3 Å². The van der Waals surface area contributed by atoms with Gasteiger partial charge in [0.2, 0.25) is 0 Å². The van der Waals surface area contributed by atoms with Gasteiger partial charge in [-0.15, -0.1) is 0 Å². The van der Waals surface area contributed by atoms with Crippen LogP contribution in [0.5, 0.6) is 11.5 Å².